The second-order valence-electron chi connectivity index (χ2n) is 13.6. The van der Waals surface area contributed by atoms with E-state index in [0.29, 0.717) is 0 Å². The normalized spacial score (nSPS) is 11.8. The highest BCUT2D eigenvalue weighted by atomic mass is 15.0. The number of nitrogens with zero attached hydrogens (tertiary/aromatic N) is 4. The van der Waals surface area contributed by atoms with E-state index < -0.39 is 0 Å². The highest BCUT2D eigenvalue weighted by Crippen LogP contribution is 2.44. The smallest absolute Gasteiger partial charge is 0.137 e. The quantitative estimate of drug-likeness (QED) is 0.176. The second kappa shape index (κ2) is 11.2. The van der Waals surface area contributed by atoms with E-state index in [1.807, 2.05) is 48.8 Å². The van der Waals surface area contributed by atoms with Crippen molar-refractivity contribution in [3.05, 3.63) is 183 Å². The molecule has 11 rings (SSSR count). The average molecular weight is 663 g/mol. The van der Waals surface area contributed by atoms with Crippen molar-refractivity contribution in [2.75, 3.05) is 0 Å². The Morgan fingerprint density at radius 3 is 1.06 bits per heavy atom. The molecule has 11 aromatic rings. The van der Waals surface area contributed by atoms with Crippen molar-refractivity contribution in [3.8, 4) is 44.8 Å². The average Bonchev–Trinajstić information content (AvgIpc) is 3.84. The highest BCUT2D eigenvalue weighted by Gasteiger charge is 2.17. The number of fused-ring (bicyclic) bond motifs is 6. The van der Waals surface area contributed by atoms with Crippen LogP contribution >= 0.6 is 0 Å². The summed E-state index contributed by atoms with van der Waals surface area (Å²) in [6, 6.07) is 57.0. The summed E-state index contributed by atoms with van der Waals surface area (Å²) in [5.41, 5.74) is 11.0. The van der Waals surface area contributed by atoms with E-state index in [4.69, 9.17) is 9.97 Å². The Hall–Kier alpha value is -7.04. The molecule has 4 heterocycles. The Labute approximate surface area is 299 Å². The molecule has 0 saturated heterocycles. The van der Waals surface area contributed by atoms with Crippen molar-refractivity contribution < 1.29 is 0 Å². The Morgan fingerprint density at radius 1 is 0.327 bits per heavy atom. The lowest BCUT2D eigenvalue weighted by molar-refractivity contribution is 1.19. The van der Waals surface area contributed by atoms with Crippen molar-refractivity contribution in [1.29, 1.82) is 0 Å². The van der Waals surface area contributed by atoms with Gasteiger partial charge in [0.15, 0.2) is 0 Å². The second-order valence-corrected chi connectivity index (χ2v) is 13.6. The number of pyridine rings is 2. The Morgan fingerprint density at radius 2 is 0.673 bits per heavy atom. The molecule has 0 aliphatic heterocycles. The fraction of sp³-hybridized carbons (Fsp3) is 0. The van der Waals surface area contributed by atoms with Gasteiger partial charge in [-0.2, -0.15) is 0 Å². The maximum absolute atomic E-state index is 4.86. The third-order valence-corrected chi connectivity index (χ3v) is 10.5. The summed E-state index contributed by atoms with van der Waals surface area (Å²) in [5, 5.41) is 9.81. The molecule has 52 heavy (non-hydrogen) atoms. The molecule has 242 valence electrons. The number of aromatic nitrogens is 4. The molecule has 4 nitrogen and oxygen atoms in total. The molecule has 0 spiro atoms. The lowest BCUT2D eigenvalue weighted by atomic mass is 9.85. The van der Waals surface area contributed by atoms with Gasteiger partial charge in [-0.1, -0.05) is 109 Å². The number of rotatable bonds is 4. The summed E-state index contributed by atoms with van der Waals surface area (Å²) in [7, 11) is 0. The van der Waals surface area contributed by atoms with E-state index >= 15 is 0 Å². The molecule has 0 atom stereocenters. The van der Waals surface area contributed by atoms with E-state index in [9.17, 15) is 0 Å². The number of imidazole rings is 2. The van der Waals surface area contributed by atoms with Crippen molar-refractivity contribution >= 4 is 54.4 Å². The summed E-state index contributed by atoms with van der Waals surface area (Å²) >= 11 is 0. The Kier molecular flexibility index (Phi) is 6.22. The van der Waals surface area contributed by atoms with Crippen LogP contribution in [0.4, 0.5) is 0 Å². The van der Waals surface area contributed by atoms with Crippen LogP contribution in [0.5, 0.6) is 0 Å². The molecule has 0 N–H and O–H groups in total. The predicted molar refractivity (Wildman–Crippen MR) is 216 cm³/mol. The largest absolute Gasteiger partial charge is 0.306 e. The maximum Gasteiger partial charge on any atom is 0.137 e. The summed E-state index contributed by atoms with van der Waals surface area (Å²) < 4.78 is 4.14. The van der Waals surface area contributed by atoms with Crippen LogP contribution in [0.15, 0.2) is 183 Å². The third-order valence-electron chi connectivity index (χ3n) is 10.5. The van der Waals surface area contributed by atoms with E-state index in [1.165, 1.54) is 65.3 Å². The third kappa shape index (κ3) is 4.55. The van der Waals surface area contributed by atoms with Gasteiger partial charge in [0.2, 0.25) is 0 Å². The molecule has 0 radical (unpaired) electrons. The summed E-state index contributed by atoms with van der Waals surface area (Å²) in [5.74, 6) is 0. The van der Waals surface area contributed by atoms with Crippen LogP contribution in [0.3, 0.4) is 0 Å². The standard InChI is InChI=1S/C48H30N4/c1-2-10-40-39(9-1)47(37-21-17-31-25-35(19-15-33(31)27-37)43-29-51-23-7-5-13-45(51)49-43)41-11-3-4-12-42(41)48(40)38-22-18-32-26-36(20-16-34(32)28-38)44-30-52-24-8-6-14-46(52)50-44/h1-30H. The van der Waals surface area contributed by atoms with Gasteiger partial charge in [-0.15, -0.1) is 0 Å². The Balaban J connectivity index is 1.04. The van der Waals surface area contributed by atoms with E-state index in [1.54, 1.807) is 0 Å². The van der Waals surface area contributed by atoms with Gasteiger partial charge in [0, 0.05) is 35.9 Å². The van der Waals surface area contributed by atoms with Crippen molar-refractivity contribution in [1.82, 2.24) is 18.8 Å². The summed E-state index contributed by atoms with van der Waals surface area (Å²) in [4.78, 5) is 9.71. The minimum Gasteiger partial charge on any atom is -0.306 e. The SMILES string of the molecule is c1ccc2c(-c3ccc4cc(-c5cn6ccccc6n5)ccc4c3)c3ccccc3c(-c3ccc4cc(-c5cn6ccccc6n5)ccc4c3)c2c1. The fourth-order valence-corrected chi connectivity index (χ4v) is 8.02. The van der Waals surface area contributed by atoms with Gasteiger partial charge in [-0.25, -0.2) is 9.97 Å². The zero-order valence-electron chi connectivity index (χ0n) is 28.1. The molecular formula is C48H30N4. The van der Waals surface area contributed by atoms with Gasteiger partial charge < -0.3 is 8.80 Å². The van der Waals surface area contributed by atoms with Crippen LogP contribution in [0.2, 0.25) is 0 Å². The Bertz CT molecular complexity index is 2860. The minimum atomic E-state index is 0.951. The minimum absolute atomic E-state index is 0.951. The van der Waals surface area contributed by atoms with Crippen LogP contribution in [0, 0.1) is 0 Å². The lowest BCUT2D eigenvalue weighted by Gasteiger charge is -2.18. The molecule has 0 unspecified atom stereocenters. The summed E-state index contributed by atoms with van der Waals surface area (Å²) in [6.45, 7) is 0. The molecule has 4 heteroatoms. The lowest BCUT2D eigenvalue weighted by Crippen LogP contribution is -1.91. The van der Waals surface area contributed by atoms with Gasteiger partial charge in [0.25, 0.3) is 0 Å². The predicted octanol–water partition coefficient (Wildman–Crippen LogP) is 12.3. The highest BCUT2D eigenvalue weighted by molar-refractivity contribution is 6.22. The van der Waals surface area contributed by atoms with Gasteiger partial charge in [0.1, 0.15) is 11.3 Å². The van der Waals surface area contributed by atoms with Crippen molar-refractivity contribution in [2.24, 2.45) is 0 Å². The topological polar surface area (TPSA) is 34.6 Å². The van der Waals surface area contributed by atoms with Gasteiger partial charge in [-0.05, 0) is 114 Å². The zero-order chi connectivity index (χ0) is 34.2. The first-order chi connectivity index (χ1) is 25.7. The van der Waals surface area contributed by atoms with Gasteiger partial charge in [0.05, 0.1) is 11.4 Å². The molecule has 0 amide bonds. The molecule has 0 aliphatic rings. The van der Waals surface area contributed by atoms with Crippen LogP contribution in [-0.2, 0) is 0 Å². The molecule has 0 bridgehead atoms. The zero-order valence-corrected chi connectivity index (χ0v) is 28.1. The van der Waals surface area contributed by atoms with Gasteiger partial charge in [-0.3, -0.25) is 0 Å². The first-order valence-electron chi connectivity index (χ1n) is 17.6. The van der Waals surface area contributed by atoms with Crippen LogP contribution in [-0.4, -0.2) is 18.8 Å². The van der Waals surface area contributed by atoms with E-state index in [-0.39, 0.29) is 0 Å². The van der Waals surface area contributed by atoms with E-state index in [2.05, 4.69) is 143 Å². The number of benzene rings is 7. The van der Waals surface area contributed by atoms with Crippen molar-refractivity contribution in [3.63, 3.8) is 0 Å². The van der Waals surface area contributed by atoms with Crippen LogP contribution in [0.1, 0.15) is 0 Å². The first kappa shape index (κ1) is 28.8. The van der Waals surface area contributed by atoms with Gasteiger partial charge >= 0.3 is 0 Å². The number of hydrogen-bond acceptors (Lipinski definition) is 2. The van der Waals surface area contributed by atoms with Crippen LogP contribution in [0.25, 0.3) is 99.2 Å². The molecule has 0 saturated carbocycles. The number of hydrogen-bond donors (Lipinski definition) is 0. The van der Waals surface area contributed by atoms with Crippen LogP contribution < -0.4 is 0 Å². The molecule has 7 aromatic carbocycles. The van der Waals surface area contributed by atoms with Crippen molar-refractivity contribution in [2.45, 2.75) is 0 Å². The maximum atomic E-state index is 4.86. The fourth-order valence-electron chi connectivity index (χ4n) is 8.02. The van der Waals surface area contributed by atoms with E-state index in [0.717, 1.165) is 33.8 Å². The molecule has 0 aliphatic carbocycles. The monoisotopic (exact) mass is 662 g/mol. The first-order valence-corrected chi connectivity index (χ1v) is 17.6. The molecular weight excluding hydrogens is 633 g/mol. The molecule has 4 aromatic heterocycles. The summed E-state index contributed by atoms with van der Waals surface area (Å²) in [6.07, 6.45) is 8.28. The molecule has 0 fully saturated rings.